The van der Waals surface area contributed by atoms with Crippen molar-refractivity contribution in [3.05, 3.63) is 54.0 Å². The van der Waals surface area contributed by atoms with E-state index in [1.807, 2.05) is 33.4 Å². The van der Waals surface area contributed by atoms with Gasteiger partial charge in [-0.25, -0.2) is 0 Å². The summed E-state index contributed by atoms with van der Waals surface area (Å²) in [5.74, 6) is 0.529. The molecule has 140 valence electrons. The highest BCUT2D eigenvalue weighted by Gasteiger charge is 2.18. The fourth-order valence-corrected chi connectivity index (χ4v) is 3.70. The zero-order valence-corrected chi connectivity index (χ0v) is 15.4. The Bertz CT molecular complexity index is 894. The number of nitrogens with zero attached hydrogens (tertiary/aromatic N) is 3. The lowest BCUT2D eigenvalue weighted by atomic mass is 10.2. The minimum atomic E-state index is -0.762. The van der Waals surface area contributed by atoms with Crippen molar-refractivity contribution in [1.82, 2.24) is 14.0 Å². The van der Waals surface area contributed by atoms with Crippen molar-refractivity contribution in [1.29, 1.82) is 5.41 Å². The van der Waals surface area contributed by atoms with Gasteiger partial charge in [0.2, 0.25) is 5.62 Å². The van der Waals surface area contributed by atoms with Crippen LogP contribution < -0.4 is 18.0 Å². The van der Waals surface area contributed by atoms with Gasteiger partial charge in [-0.2, -0.15) is 0 Å². The van der Waals surface area contributed by atoms with Crippen molar-refractivity contribution < 1.29 is 21.9 Å². The molecule has 0 aliphatic carbocycles. The molecule has 1 atom stereocenters. The lowest BCUT2D eigenvalue weighted by Gasteiger charge is -2.15. The quantitative estimate of drug-likeness (QED) is 0.601. The molecular formula is C19H24ClN4O2-. The van der Waals surface area contributed by atoms with Gasteiger partial charge >= 0.3 is 0 Å². The van der Waals surface area contributed by atoms with E-state index < -0.39 is 6.10 Å². The molecule has 6 nitrogen and oxygen atoms in total. The SMILES string of the molecule is N=c1n(CCN2CCCC2)c2ccccc2n1CC(O)c1ccco1.[Cl-]. The van der Waals surface area contributed by atoms with Crippen LogP contribution in [0.2, 0.25) is 0 Å². The number of para-hydroxylation sites is 2. The second-order valence-corrected chi connectivity index (χ2v) is 6.65. The first-order chi connectivity index (χ1) is 12.2. The van der Waals surface area contributed by atoms with Crippen LogP contribution >= 0.6 is 0 Å². The summed E-state index contributed by atoms with van der Waals surface area (Å²) in [5.41, 5.74) is 2.43. The minimum absolute atomic E-state index is 0. The number of fused-ring (bicyclic) bond motifs is 1. The van der Waals surface area contributed by atoms with E-state index in [1.165, 1.54) is 12.8 Å². The number of rotatable bonds is 6. The number of benzene rings is 1. The number of aromatic nitrogens is 2. The highest BCUT2D eigenvalue weighted by atomic mass is 35.5. The average molecular weight is 376 g/mol. The van der Waals surface area contributed by atoms with E-state index in [9.17, 15) is 5.11 Å². The standard InChI is InChI=1S/C19H24N4O2.ClH/c20-19-22(12-11-21-9-3-4-10-21)15-6-1-2-7-16(15)23(19)14-17(24)18-8-5-13-25-18;/h1-2,5-8,13,17,20,24H,3-4,9-12,14H2;1H/p-1. The highest BCUT2D eigenvalue weighted by Crippen LogP contribution is 2.19. The number of furan rings is 1. The Morgan fingerprint density at radius 1 is 1.00 bits per heavy atom. The molecule has 0 saturated carbocycles. The molecule has 0 spiro atoms. The zero-order valence-electron chi connectivity index (χ0n) is 14.6. The van der Waals surface area contributed by atoms with Gasteiger partial charge in [-0.05, 0) is 50.2 Å². The lowest BCUT2D eigenvalue weighted by molar-refractivity contribution is -0.00000721. The van der Waals surface area contributed by atoms with Crippen LogP contribution in [0.25, 0.3) is 11.0 Å². The van der Waals surface area contributed by atoms with E-state index in [0.29, 0.717) is 17.9 Å². The molecule has 3 aromatic rings. The molecule has 1 unspecified atom stereocenters. The van der Waals surface area contributed by atoms with E-state index in [2.05, 4.69) is 4.90 Å². The third-order valence-electron chi connectivity index (χ3n) is 5.04. The number of likely N-dealkylation sites (tertiary alicyclic amines) is 1. The Labute approximate surface area is 158 Å². The molecule has 2 N–H and O–H groups in total. The topological polar surface area (TPSA) is 70.3 Å². The van der Waals surface area contributed by atoms with Crippen LogP contribution in [0.1, 0.15) is 24.7 Å². The fraction of sp³-hybridized carbons (Fsp3) is 0.421. The summed E-state index contributed by atoms with van der Waals surface area (Å²) < 4.78 is 9.21. The van der Waals surface area contributed by atoms with E-state index in [1.54, 1.807) is 18.4 Å². The predicted molar refractivity (Wildman–Crippen MR) is 95.1 cm³/mol. The van der Waals surface area contributed by atoms with Gasteiger partial charge in [-0.3, -0.25) is 5.41 Å². The Kier molecular flexibility index (Phi) is 5.86. The first-order valence-corrected chi connectivity index (χ1v) is 8.90. The number of imidazole rings is 1. The summed E-state index contributed by atoms with van der Waals surface area (Å²) in [6, 6.07) is 11.6. The van der Waals surface area contributed by atoms with Crippen molar-refractivity contribution in [2.24, 2.45) is 0 Å². The Morgan fingerprint density at radius 2 is 1.69 bits per heavy atom. The Balaban J connectivity index is 0.00000196. The molecule has 1 aliphatic rings. The Hall–Kier alpha value is -2.02. The van der Waals surface area contributed by atoms with Crippen molar-refractivity contribution in [2.75, 3.05) is 19.6 Å². The molecule has 3 heterocycles. The summed E-state index contributed by atoms with van der Waals surface area (Å²) in [4.78, 5) is 2.45. The molecule has 26 heavy (non-hydrogen) atoms. The molecule has 1 aliphatic heterocycles. The van der Waals surface area contributed by atoms with E-state index >= 15 is 0 Å². The van der Waals surface area contributed by atoms with Gasteiger partial charge in [0, 0.05) is 13.1 Å². The Morgan fingerprint density at radius 3 is 2.35 bits per heavy atom. The van der Waals surface area contributed by atoms with Gasteiger partial charge in [0.15, 0.2) is 0 Å². The van der Waals surface area contributed by atoms with E-state index in [4.69, 9.17) is 9.83 Å². The number of nitrogens with one attached hydrogen (secondary N) is 1. The highest BCUT2D eigenvalue weighted by molar-refractivity contribution is 5.75. The molecular weight excluding hydrogens is 352 g/mol. The molecule has 0 radical (unpaired) electrons. The number of aliphatic hydroxyl groups excluding tert-OH is 1. The molecule has 1 aromatic carbocycles. The summed E-state index contributed by atoms with van der Waals surface area (Å²) >= 11 is 0. The number of hydrogen-bond donors (Lipinski definition) is 2. The van der Waals surface area contributed by atoms with E-state index in [0.717, 1.165) is 37.2 Å². The molecule has 4 rings (SSSR count). The first kappa shape index (κ1) is 18.8. The van der Waals surface area contributed by atoms with Crippen molar-refractivity contribution in [3.8, 4) is 0 Å². The maximum Gasteiger partial charge on any atom is 0.203 e. The van der Waals surface area contributed by atoms with Gasteiger partial charge in [0.05, 0.1) is 23.8 Å². The first-order valence-electron chi connectivity index (χ1n) is 8.90. The van der Waals surface area contributed by atoms with Crippen LogP contribution in [0, 0.1) is 5.41 Å². The summed E-state index contributed by atoms with van der Waals surface area (Å²) in [6.45, 7) is 4.38. The van der Waals surface area contributed by atoms with Gasteiger partial charge in [-0.1, -0.05) is 12.1 Å². The number of hydrogen-bond acceptors (Lipinski definition) is 4. The second-order valence-electron chi connectivity index (χ2n) is 6.65. The molecule has 7 heteroatoms. The third-order valence-corrected chi connectivity index (χ3v) is 5.04. The van der Waals surface area contributed by atoms with Crippen LogP contribution in [0.4, 0.5) is 0 Å². The summed E-state index contributed by atoms with van der Waals surface area (Å²) in [6.07, 6.45) is 3.34. The van der Waals surface area contributed by atoms with Crippen molar-refractivity contribution >= 4 is 11.0 Å². The maximum atomic E-state index is 10.4. The monoisotopic (exact) mass is 375 g/mol. The third kappa shape index (κ3) is 3.58. The fourth-order valence-electron chi connectivity index (χ4n) is 3.70. The molecule has 2 aromatic heterocycles. The van der Waals surface area contributed by atoms with Gasteiger partial charge in [0.25, 0.3) is 0 Å². The molecule has 1 fully saturated rings. The smallest absolute Gasteiger partial charge is 0.203 e. The van der Waals surface area contributed by atoms with Crippen LogP contribution in [0.3, 0.4) is 0 Å². The minimum Gasteiger partial charge on any atom is -1.00 e. The van der Waals surface area contributed by atoms with Crippen LogP contribution in [0.5, 0.6) is 0 Å². The average Bonchev–Trinajstić information content (AvgIpc) is 3.36. The molecule has 1 saturated heterocycles. The summed E-state index contributed by atoms with van der Waals surface area (Å²) in [5, 5.41) is 19.1. The van der Waals surface area contributed by atoms with Crippen LogP contribution in [0.15, 0.2) is 47.1 Å². The predicted octanol–water partition coefficient (Wildman–Crippen LogP) is -0.651. The molecule has 0 amide bonds. The van der Waals surface area contributed by atoms with Crippen LogP contribution in [-0.4, -0.2) is 38.8 Å². The van der Waals surface area contributed by atoms with Crippen molar-refractivity contribution in [2.45, 2.75) is 32.0 Å². The van der Waals surface area contributed by atoms with Crippen LogP contribution in [-0.2, 0) is 13.1 Å². The summed E-state index contributed by atoms with van der Waals surface area (Å²) in [7, 11) is 0. The van der Waals surface area contributed by atoms with Gasteiger partial charge in [-0.15, -0.1) is 0 Å². The second kappa shape index (κ2) is 8.12. The lowest BCUT2D eigenvalue weighted by Crippen LogP contribution is -3.00. The van der Waals surface area contributed by atoms with Gasteiger partial charge in [0.1, 0.15) is 11.9 Å². The normalized spacial score (nSPS) is 16.0. The maximum absolute atomic E-state index is 10.4. The number of halogens is 1. The van der Waals surface area contributed by atoms with E-state index in [-0.39, 0.29) is 12.4 Å². The largest absolute Gasteiger partial charge is 1.00 e. The van der Waals surface area contributed by atoms with Crippen molar-refractivity contribution in [3.63, 3.8) is 0 Å². The number of aliphatic hydroxyl groups is 1. The molecule has 0 bridgehead atoms. The van der Waals surface area contributed by atoms with Gasteiger partial charge < -0.3 is 36.0 Å². The zero-order chi connectivity index (χ0) is 17.2.